The molecule has 0 bridgehead atoms. The van der Waals surface area contributed by atoms with Crippen LogP contribution in [0.4, 0.5) is 11.5 Å². The highest BCUT2D eigenvalue weighted by Crippen LogP contribution is 2.18. The number of rotatable bonds is 3. The van der Waals surface area contributed by atoms with Gasteiger partial charge in [-0.2, -0.15) is 0 Å². The van der Waals surface area contributed by atoms with E-state index < -0.39 is 0 Å². The van der Waals surface area contributed by atoms with E-state index in [0.717, 1.165) is 11.3 Å². The Hall–Kier alpha value is -2.62. The second-order valence-corrected chi connectivity index (χ2v) is 5.02. The van der Waals surface area contributed by atoms with Crippen LogP contribution in [0.1, 0.15) is 18.1 Å². The molecule has 0 aliphatic rings. The van der Waals surface area contributed by atoms with Gasteiger partial charge in [0.25, 0.3) is 5.56 Å². The molecule has 1 aromatic carbocycles. The topological polar surface area (TPSA) is 46.4 Å². The molecule has 1 N–H and O–H groups in total. The molecule has 2 heterocycles. The zero-order valence-corrected chi connectivity index (χ0v) is 12.1. The van der Waals surface area contributed by atoms with Crippen LogP contribution in [0.15, 0.2) is 53.5 Å². The minimum atomic E-state index is -0.0155. The Morgan fingerprint density at radius 1 is 1.19 bits per heavy atom. The third-order valence-electron chi connectivity index (χ3n) is 3.46. The van der Waals surface area contributed by atoms with Crippen LogP contribution < -0.4 is 10.9 Å². The van der Waals surface area contributed by atoms with Crippen molar-refractivity contribution < 1.29 is 0 Å². The summed E-state index contributed by atoms with van der Waals surface area (Å²) in [6.07, 6.45) is 2.39. The average Bonchev–Trinajstić information content (AvgIpc) is 2.48. The van der Waals surface area contributed by atoms with E-state index in [9.17, 15) is 4.79 Å². The minimum absolute atomic E-state index is 0.0155. The highest BCUT2D eigenvalue weighted by molar-refractivity contribution is 5.62. The Balaban J connectivity index is 2.15. The summed E-state index contributed by atoms with van der Waals surface area (Å²) in [6.45, 7) is 4.00. The van der Waals surface area contributed by atoms with Crippen LogP contribution in [0.5, 0.6) is 0 Å². The fourth-order valence-corrected chi connectivity index (χ4v) is 2.41. The van der Waals surface area contributed by atoms with Gasteiger partial charge in [0.1, 0.15) is 11.5 Å². The monoisotopic (exact) mass is 279 g/mol. The molecule has 0 fully saturated rings. The van der Waals surface area contributed by atoms with Crippen LogP contribution in [0, 0.1) is 6.92 Å². The number of nitrogens with one attached hydrogen (secondary N) is 1. The molecule has 0 aliphatic heterocycles. The first kappa shape index (κ1) is 13.4. The van der Waals surface area contributed by atoms with Gasteiger partial charge in [0.05, 0.1) is 5.56 Å². The number of pyridine rings is 1. The van der Waals surface area contributed by atoms with Gasteiger partial charge in [0.2, 0.25) is 0 Å². The average molecular weight is 279 g/mol. The molecule has 0 saturated carbocycles. The van der Waals surface area contributed by atoms with E-state index in [0.29, 0.717) is 23.4 Å². The van der Waals surface area contributed by atoms with Crippen molar-refractivity contribution in [1.29, 1.82) is 0 Å². The third-order valence-corrected chi connectivity index (χ3v) is 3.46. The van der Waals surface area contributed by atoms with Gasteiger partial charge in [-0.15, -0.1) is 0 Å². The highest BCUT2D eigenvalue weighted by atomic mass is 16.1. The van der Waals surface area contributed by atoms with Crippen molar-refractivity contribution in [2.24, 2.45) is 0 Å². The molecule has 0 unspecified atom stereocenters. The second kappa shape index (κ2) is 5.40. The Morgan fingerprint density at radius 3 is 2.81 bits per heavy atom. The molecule has 0 saturated heterocycles. The first-order valence-electron chi connectivity index (χ1n) is 7.03. The lowest BCUT2D eigenvalue weighted by Crippen LogP contribution is -2.21. The van der Waals surface area contributed by atoms with Gasteiger partial charge in [0.15, 0.2) is 0 Å². The van der Waals surface area contributed by atoms with E-state index in [1.165, 1.54) is 0 Å². The molecule has 3 rings (SSSR count). The maximum atomic E-state index is 12.5. The number of hydrogen-bond donors (Lipinski definition) is 1. The van der Waals surface area contributed by atoms with Crippen molar-refractivity contribution >= 4 is 17.2 Å². The van der Waals surface area contributed by atoms with E-state index in [4.69, 9.17) is 0 Å². The molecule has 0 spiro atoms. The molecule has 4 nitrogen and oxygen atoms in total. The van der Waals surface area contributed by atoms with Crippen LogP contribution >= 0.6 is 0 Å². The molecule has 106 valence electrons. The number of benzene rings is 1. The van der Waals surface area contributed by atoms with Crippen molar-refractivity contribution in [3.8, 4) is 0 Å². The van der Waals surface area contributed by atoms with E-state index >= 15 is 0 Å². The summed E-state index contributed by atoms with van der Waals surface area (Å²) in [5, 5.41) is 3.27. The van der Waals surface area contributed by atoms with Crippen molar-refractivity contribution in [1.82, 2.24) is 9.38 Å². The van der Waals surface area contributed by atoms with E-state index in [1.807, 2.05) is 56.3 Å². The smallest absolute Gasteiger partial charge is 0.263 e. The van der Waals surface area contributed by atoms with Crippen molar-refractivity contribution in [2.75, 3.05) is 5.32 Å². The summed E-state index contributed by atoms with van der Waals surface area (Å²) in [7, 11) is 0. The summed E-state index contributed by atoms with van der Waals surface area (Å²) >= 11 is 0. The fraction of sp³-hybridized carbons (Fsp3) is 0.176. The van der Waals surface area contributed by atoms with Crippen molar-refractivity contribution in [3.63, 3.8) is 0 Å². The number of nitrogens with zero attached hydrogens (tertiary/aromatic N) is 2. The van der Waals surface area contributed by atoms with Crippen LogP contribution in [0.2, 0.25) is 0 Å². The third kappa shape index (κ3) is 2.52. The van der Waals surface area contributed by atoms with Crippen LogP contribution in [-0.2, 0) is 6.42 Å². The van der Waals surface area contributed by atoms with Crippen molar-refractivity contribution in [3.05, 3.63) is 70.1 Å². The Morgan fingerprint density at radius 2 is 2.05 bits per heavy atom. The number of hydrogen-bond acceptors (Lipinski definition) is 3. The molecule has 21 heavy (non-hydrogen) atoms. The quantitative estimate of drug-likeness (QED) is 0.800. The Bertz CT molecular complexity index is 852. The van der Waals surface area contributed by atoms with Gasteiger partial charge in [-0.25, -0.2) is 4.98 Å². The van der Waals surface area contributed by atoms with Crippen LogP contribution in [0.25, 0.3) is 5.65 Å². The highest BCUT2D eigenvalue weighted by Gasteiger charge is 2.11. The molecule has 2 aromatic heterocycles. The van der Waals surface area contributed by atoms with Gasteiger partial charge in [-0.1, -0.05) is 25.1 Å². The van der Waals surface area contributed by atoms with E-state index in [2.05, 4.69) is 10.3 Å². The maximum Gasteiger partial charge on any atom is 0.263 e. The summed E-state index contributed by atoms with van der Waals surface area (Å²) in [5.41, 5.74) is 3.43. The molecule has 0 amide bonds. The van der Waals surface area contributed by atoms with E-state index in [1.54, 1.807) is 10.6 Å². The number of aryl methyl sites for hydroxylation is 1. The maximum absolute atomic E-state index is 12.5. The molecule has 0 aliphatic carbocycles. The van der Waals surface area contributed by atoms with Gasteiger partial charge in [-0.05, 0) is 43.2 Å². The van der Waals surface area contributed by atoms with Gasteiger partial charge >= 0.3 is 0 Å². The largest absolute Gasteiger partial charge is 0.340 e. The first-order valence-corrected chi connectivity index (χ1v) is 7.03. The zero-order valence-electron chi connectivity index (χ0n) is 12.1. The normalized spacial score (nSPS) is 10.8. The zero-order chi connectivity index (χ0) is 14.8. The van der Waals surface area contributed by atoms with Crippen molar-refractivity contribution in [2.45, 2.75) is 20.3 Å². The van der Waals surface area contributed by atoms with Gasteiger partial charge in [0, 0.05) is 11.9 Å². The molecular formula is C17H17N3O. The van der Waals surface area contributed by atoms with Crippen LogP contribution in [0.3, 0.4) is 0 Å². The lowest BCUT2D eigenvalue weighted by Gasteiger charge is -2.12. The first-order chi connectivity index (χ1) is 10.2. The summed E-state index contributed by atoms with van der Waals surface area (Å²) < 4.78 is 1.58. The SMILES string of the molecule is CCc1c(Nc2cccc(C)c2)nc2ccccn2c1=O. The molecule has 3 aromatic rings. The Labute approximate surface area is 123 Å². The van der Waals surface area contributed by atoms with Gasteiger partial charge < -0.3 is 5.32 Å². The van der Waals surface area contributed by atoms with Crippen LogP contribution in [-0.4, -0.2) is 9.38 Å². The Kier molecular flexibility index (Phi) is 3.44. The lowest BCUT2D eigenvalue weighted by atomic mass is 10.2. The minimum Gasteiger partial charge on any atom is -0.340 e. The standard InChI is InChI=1S/C17H17N3O/c1-3-14-16(18-13-8-6-7-12(2)11-13)19-15-9-4-5-10-20(15)17(14)21/h4-11,18H,3H2,1-2H3. The summed E-state index contributed by atoms with van der Waals surface area (Å²) in [6, 6.07) is 13.6. The van der Waals surface area contributed by atoms with E-state index in [-0.39, 0.29) is 5.56 Å². The molecule has 0 atom stereocenters. The second-order valence-electron chi connectivity index (χ2n) is 5.02. The number of fused-ring (bicyclic) bond motifs is 1. The number of aromatic nitrogens is 2. The van der Waals surface area contributed by atoms with Gasteiger partial charge in [-0.3, -0.25) is 9.20 Å². The lowest BCUT2D eigenvalue weighted by molar-refractivity contribution is 0.971. The predicted molar refractivity (Wildman–Crippen MR) is 85.3 cm³/mol. The molecule has 0 radical (unpaired) electrons. The predicted octanol–water partition coefficient (Wildman–Crippen LogP) is 3.31. The number of anilines is 2. The fourth-order valence-electron chi connectivity index (χ4n) is 2.41. The molecular weight excluding hydrogens is 262 g/mol. The summed E-state index contributed by atoms with van der Waals surface area (Å²) in [4.78, 5) is 17.1. The summed E-state index contributed by atoms with van der Waals surface area (Å²) in [5.74, 6) is 0.638. The molecule has 4 heteroatoms.